The first kappa shape index (κ1) is 20.7. The van der Waals surface area contributed by atoms with Gasteiger partial charge in [0.05, 0.1) is 19.3 Å². The second kappa shape index (κ2) is 11.1. The fraction of sp³-hybridized carbons (Fsp3) is 0.455. The van der Waals surface area contributed by atoms with Crippen LogP contribution in [0.5, 0.6) is 5.75 Å². The molecule has 5 nitrogen and oxygen atoms in total. The largest absolute Gasteiger partial charge is 0.491 e. The van der Waals surface area contributed by atoms with Crippen LogP contribution in [0.25, 0.3) is 0 Å². The molecule has 0 amide bonds. The highest BCUT2D eigenvalue weighted by Gasteiger charge is 2.19. The number of hydrogen-bond acceptors (Lipinski definition) is 5. The molecule has 1 aliphatic rings. The van der Waals surface area contributed by atoms with E-state index in [-0.39, 0.29) is 12.4 Å². The molecule has 0 radical (unpaired) electrons. The summed E-state index contributed by atoms with van der Waals surface area (Å²) in [5.41, 5.74) is 1.34. The molecule has 3 rings (SSSR count). The maximum absolute atomic E-state index is 12.8. The van der Waals surface area contributed by atoms with Crippen LogP contribution in [0.2, 0.25) is 0 Å². The summed E-state index contributed by atoms with van der Waals surface area (Å²) in [4.78, 5) is 4.73. The number of nitrogens with zero attached hydrogens (tertiary/aromatic N) is 2. The van der Waals surface area contributed by atoms with Crippen molar-refractivity contribution < 1.29 is 19.0 Å². The van der Waals surface area contributed by atoms with Crippen LogP contribution >= 0.6 is 0 Å². The van der Waals surface area contributed by atoms with E-state index in [1.807, 2.05) is 6.07 Å². The zero-order valence-corrected chi connectivity index (χ0v) is 16.2. The summed E-state index contributed by atoms with van der Waals surface area (Å²) >= 11 is 0. The summed E-state index contributed by atoms with van der Waals surface area (Å²) in [6.45, 7) is 6.58. The van der Waals surface area contributed by atoms with Gasteiger partial charge in [0.2, 0.25) is 0 Å². The lowest BCUT2D eigenvalue weighted by Crippen LogP contribution is -2.48. The second-order valence-electron chi connectivity index (χ2n) is 7.09. The molecule has 2 aromatic rings. The Kier molecular flexibility index (Phi) is 8.23. The third-order valence-corrected chi connectivity index (χ3v) is 4.80. The van der Waals surface area contributed by atoms with Crippen molar-refractivity contribution in [3.8, 4) is 5.75 Å². The van der Waals surface area contributed by atoms with Gasteiger partial charge in [-0.25, -0.2) is 4.39 Å². The van der Waals surface area contributed by atoms with Crippen molar-refractivity contribution in [3.05, 3.63) is 66.0 Å². The van der Waals surface area contributed by atoms with Gasteiger partial charge >= 0.3 is 0 Å². The van der Waals surface area contributed by atoms with Crippen LogP contribution in [0, 0.1) is 5.82 Å². The average Bonchev–Trinajstić information content (AvgIpc) is 2.71. The van der Waals surface area contributed by atoms with Crippen LogP contribution < -0.4 is 4.74 Å². The van der Waals surface area contributed by atoms with Gasteiger partial charge < -0.3 is 14.6 Å². The van der Waals surface area contributed by atoms with Gasteiger partial charge in [-0.1, -0.05) is 30.3 Å². The maximum Gasteiger partial charge on any atom is 0.123 e. The number of piperazine rings is 1. The fourth-order valence-corrected chi connectivity index (χ4v) is 3.29. The van der Waals surface area contributed by atoms with Gasteiger partial charge in [-0.3, -0.25) is 9.80 Å². The van der Waals surface area contributed by atoms with Gasteiger partial charge in [-0.05, 0) is 29.8 Å². The molecule has 6 heteroatoms. The normalized spacial score (nSPS) is 16.8. The van der Waals surface area contributed by atoms with Gasteiger partial charge in [0, 0.05) is 39.3 Å². The van der Waals surface area contributed by atoms with Crippen molar-refractivity contribution in [2.75, 3.05) is 52.5 Å². The third kappa shape index (κ3) is 7.20. The van der Waals surface area contributed by atoms with Gasteiger partial charge in [-0.15, -0.1) is 0 Å². The summed E-state index contributed by atoms with van der Waals surface area (Å²) < 4.78 is 23.8. The highest BCUT2D eigenvalue weighted by atomic mass is 19.1. The molecule has 0 spiro atoms. The molecule has 0 saturated carbocycles. The van der Waals surface area contributed by atoms with Crippen LogP contribution in [0.4, 0.5) is 4.39 Å². The van der Waals surface area contributed by atoms with E-state index in [4.69, 9.17) is 9.47 Å². The number of rotatable bonds is 10. The van der Waals surface area contributed by atoms with E-state index < -0.39 is 6.10 Å². The Bertz CT molecular complexity index is 676. The first-order valence-electron chi connectivity index (χ1n) is 9.82. The molecule has 1 N–H and O–H groups in total. The predicted octanol–water partition coefficient (Wildman–Crippen LogP) is 2.40. The van der Waals surface area contributed by atoms with Crippen LogP contribution in [0.1, 0.15) is 5.56 Å². The van der Waals surface area contributed by atoms with Gasteiger partial charge in [0.25, 0.3) is 0 Å². The summed E-state index contributed by atoms with van der Waals surface area (Å²) in [6.07, 6.45) is -0.508. The van der Waals surface area contributed by atoms with Crippen molar-refractivity contribution in [1.82, 2.24) is 9.80 Å². The van der Waals surface area contributed by atoms with E-state index in [9.17, 15) is 9.50 Å². The zero-order chi connectivity index (χ0) is 19.6. The Labute approximate surface area is 166 Å². The summed E-state index contributed by atoms with van der Waals surface area (Å²) in [7, 11) is 0. The van der Waals surface area contributed by atoms with Crippen molar-refractivity contribution in [2.24, 2.45) is 0 Å². The van der Waals surface area contributed by atoms with Crippen LogP contribution in [-0.2, 0) is 11.3 Å². The summed E-state index contributed by atoms with van der Waals surface area (Å²) in [6, 6.07) is 16.4. The standard InChI is InChI=1S/C22H29FN2O3/c23-20-6-8-22(9-7-20)28-15-14-27-18-21(26)17-25-12-10-24(11-13-25)16-19-4-2-1-3-5-19/h1-9,21,26H,10-18H2/t21-/m0/s1. The van der Waals surface area contributed by atoms with Gasteiger partial charge in [0.1, 0.15) is 18.2 Å². The van der Waals surface area contributed by atoms with Crippen LogP contribution in [0.3, 0.4) is 0 Å². The lowest BCUT2D eigenvalue weighted by Gasteiger charge is -2.35. The third-order valence-electron chi connectivity index (χ3n) is 4.80. The Morgan fingerprint density at radius 3 is 2.29 bits per heavy atom. The van der Waals surface area contributed by atoms with Gasteiger partial charge in [0.15, 0.2) is 0 Å². The molecule has 2 aromatic carbocycles. The molecule has 1 heterocycles. The molecule has 28 heavy (non-hydrogen) atoms. The monoisotopic (exact) mass is 388 g/mol. The highest BCUT2D eigenvalue weighted by Crippen LogP contribution is 2.11. The molecule has 0 bridgehead atoms. The van der Waals surface area contributed by atoms with E-state index in [0.29, 0.717) is 25.5 Å². The number of ether oxygens (including phenoxy) is 2. The fourth-order valence-electron chi connectivity index (χ4n) is 3.29. The lowest BCUT2D eigenvalue weighted by atomic mass is 10.2. The van der Waals surface area contributed by atoms with Crippen molar-refractivity contribution in [2.45, 2.75) is 12.6 Å². The number of benzene rings is 2. The number of aliphatic hydroxyl groups is 1. The summed E-state index contributed by atoms with van der Waals surface area (Å²) in [5.74, 6) is 0.326. The number of β-amino-alcohol motifs (C(OH)–C–C–N with tert-alkyl or cyclic N) is 1. The van der Waals surface area contributed by atoms with E-state index in [1.54, 1.807) is 12.1 Å². The lowest BCUT2D eigenvalue weighted by molar-refractivity contribution is -0.000440. The number of halogens is 1. The molecule has 152 valence electrons. The number of hydrogen-bond donors (Lipinski definition) is 1. The number of aliphatic hydroxyl groups excluding tert-OH is 1. The van der Waals surface area contributed by atoms with Crippen molar-refractivity contribution >= 4 is 0 Å². The van der Waals surface area contributed by atoms with E-state index >= 15 is 0 Å². The maximum atomic E-state index is 12.8. The second-order valence-corrected chi connectivity index (χ2v) is 7.09. The molecule has 0 aromatic heterocycles. The highest BCUT2D eigenvalue weighted by molar-refractivity contribution is 5.21. The minimum absolute atomic E-state index is 0.285. The molecule has 1 fully saturated rings. The van der Waals surface area contributed by atoms with E-state index in [0.717, 1.165) is 32.7 Å². The molecule has 1 saturated heterocycles. The van der Waals surface area contributed by atoms with E-state index in [1.165, 1.54) is 17.7 Å². The average molecular weight is 388 g/mol. The SMILES string of the molecule is O[C@H](COCCOc1ccc(F)cc1)CN1CCN(Cc2ccccc2)CC1. The molecular formula is C22H29FN2O3. The minimum Gasteiger partial charge on any atom is -0.491 e. The zero-order valence-electron chi connectivity index (χ0n) is 16.2. The Morgan fingerprint density at radius 1 is 0.893 bits per heavy atom. The predicted molar refractivity (Wildman–Crippen MR) is 107 cm³/mol. The molecule has 1 atom stereocenters. The molecular weight excluding hydrogens is 359 g/mol. The minimum atomic E-state index is -0.508. The molecule has 0 unspecified atom stereocenters. The molecule has 1 aliphatic heterocycles. The smallest absolute Gasteiger partial charge is 0.123 e. The quantitative estimate of drug-likeness (QED) is 0.634. The Balaban J connectivity index is 1.24. The molecule has 0 aliphatic carbocycles. The summed E-state index contributed by atoms with van der Waals surface area (Å²) in [5, 5.41) is 10.2. The first-order chi connectivity index (χ1) is 13.7. The van der Waals surface area contributed by atoms with Crippen LogP contribution in [-0.4, -0.2) is 73.6 Å². The Hall–Kier alpha value is -1.99. The Morgan fingerprint density at radius 2 is 1.57 bits per heavy atom. The van der Waals surface area contributed by atoms with E-state index in [2.05, 4.69) is 34.1 Å². The first-order valence-corrected chi connectivity index (χ1v) is 9.82. The topological polar surface area (TPSA) is 45.2 Å². The van der Waals surface area contributed by atoms with Gasteiger partial charge in [-0.2, -0.15) is 0 Å². The van der Waals surface area contributed by atoms with Crippen LogP contribution in [0.15, 0.2) is 54.6 Å². The van der Waals surface area contributed by atoms with Crippen molar-refractivity contribution in [1.29, 1.82) is 0 Å². The van der Waals surface area contributed by atoms with Crippen molar-refractivity contribution in [3.63, 3.8) is 0 Å².